The highest BCUT2D eigenvalue weighted by Crippen LogP contribution is 2.36. The Morgan fingerprint density at radius 1 is 0.825 bits per heavy atom. The number of para-hydroxylation sites is 1. The molecule has 3 N–H and O–H groups in total. The van der Waals surface area contributed by atoms with Crippen LogP contribution in [0.1, 0.15) is 91.0 Å². The van der Waals surface area contributed by atoms with Crippen molar-refractivity contribution in [2.75, 3.05) is 31.1 Å². The minimum Gasteiger partial charge on any atom is -0.457 e. The number of thioether (sulfide) groups is 1. The molecule has 294 valence electrons. The number of amides is 4. The number of carbonyl (C=O) groups is 4. The highest BCUT2D eigenvalue weighted by atomic mass is 32.2. The number of rotatable bonds is 15. The standard InChI is InChI=1S/C43H46N8O5S/c44-39-37-38(28-17-19-31(20-18-28)56-30-13-6-5-7-14-30)48-51(40(37)46-27-45-39)29-12-11-24-49(26-29)23-8-3-1-2-4-9-25-57-34-16-10-15-32-36(34)43(55)50(42(32)54)33-21-22-35(52)47-41(33)53/h5-7,10,13-20,27,29,33H,1-4,8-9,11-12,21-26H2,(H2,44,45,46)(H,47,52,53). The van der Waals surface area contributed by atoms with E-state index in [1.54, 1.807) is 23.9 Å². The molecule has 0 spiro atoms. The summed E-state index contributed by atoms with van der Waals surface area (Å²) >= 11 is 1.58. The molecule has 2 saturated heterocycles. The first-order valence-corrected chi connectivity index (χ1v) is 20.9. The van der Waals surface area contributed by atoms with Crippen molar-refractivity contribution in [3.05, 3.63) is 90.3 Å². The van der Waals surface area contributed by atoms with Crippen LogP contribution in [-0.4, -0.2) is 84.6 Å². The number of nitrogen functional groups attached to an aromatic ring is 1. The van der Waals surface area contributed by atoms with Gasteiger partial charge in [-0.3, -0.25) is 29.4 Å². The third kappa shape index (κ3) is 8.28. The quantitative estimate of drug-likeness (QED) is 0.0635. The lowest BCUT2D eigenvalue weighted by atomic mass is 10.0. The summed E-state index contributed by atoms with van der Waals surface area (Å²) in [5.41, 5.74) is 9.60. The van der Waals surface area contributed by atoms with Crippen molar-refractivity contribution in [1.82, 2.24) is 34.9 Å². The van der Waals surface area contributed by atoms with Crippen LogP contribution in [0.25, 0.3) is 22.3 Å². The smallest absolute Gasteiger partial charge is 0.263 e. The molecule has 3 aliphatic heterocycles. The van der Waals surface area contributed by atoms with Crippen LogP contribution in [0, 0.1) is 0 Å². The van der Waals surface area contributed by atoms with Gasteiger partial charge in [0.15, 0.2) is 5.65 Å². The van der Waals surface area contributed by atoms with Crippen molar-refractivity contribution in [3.63, 3.8) is 0 Å². The van der Waals surface area contributed by atoms with Crippen molar-refractivity contribution in [2.24, 2.45) is 0 Å². The SMILES string of the molecule is Nc1ncnc2c1c(-c1ccc(Oc3ccccc3)cc1)nn2C1CCCN(CCCCCCCCSc2cccc3c2C(=O)N(C2CCC(=O)NC2=O)C3=O)C1. The van der Waals surface area contributed by atoms with E-state index < -0.39 is 23.8 Å². The molecule has 13 nitrogen and oxygen atoms in total. The van der Waals surface area contributed by atoms with Gasteiger partial charge in [0.25, 0.3) is 11.8 Å². The summed E-state index contributed by atoms with van der Waals surface area (Å²) in [6.07, 6.45) is 10.6. The van der Waals surface area contributed by atoms with Crippen LogP contribution < -0.4 is 15.8 Å². The number of unbranched alkanes of at least 4 members (excludes halogenated alkanes) is 5. The van der Waals surface area contributed by atoms with E-state index in [1.807, 2.05) is 60.7 Å². The molecule has 2 atom stereocenters. The van der Waals surface area contributed by atoms with Gasteiger partial charge in [0.05, 0.1) is 22.6 Å². The summed E-state index contributed by atoms with van der Waals surface area (Å²) in [6, 6.07) is 22.1. The van der Waals surface area contributed by atoms with E-state index in [-0.39, 0.29) is 24.8 Å². The maximum Gasteiger partial charge on any atom is 0.263 e. The summed E-state index contributed by atoms with van der Waals surface area (Å²) < 4.78 is 8.06. The third-order valence-electron chi connectivity index (χ3n) is 11.0. The van der Waals surface area contributed by atoms with E-state index in [2.05, 4.69) is 24.9 Å². The largest absolute Gasteiger partial charge is 0.457 e. The number of likely N-dealkylation sites (tertiary alicyclic amines) is 1. The number of anilines is 1. The van der Waals surface area contributed by atoms with E-state index in [0.717, 1.165) is 120 Å². The molecule has 14 heteroatoms. The molecule has 2 unspecified atom stereocenters. The van der Waals surface area contributed by atoms with Crippen LogP contribution in [0.3, 0.4) is 0 Å². The molecule has 0 radical (unpaired) electrons. The first kappa shape index (κ1) is 38.3. The first-order chi connectivity index (χ1) is 27.9. The second kappa shape index (κ2) is 17.3. The van der Waals surface area contributed by atoms with Crippen LogP contribution in [0.2, 0.25) is 0 Å². The summed E-state index contributed by atoms with van der Waals surface area (Å²) in [4.78, 5) is 63.9. The Hall–Kier alpha value is -5.60. The van der Waals surface area contributed by atoms with Crippen LogP contribution in [0.4, 0.5) is 5.82 Å². The maximum absolute atomic E-state index is 13.4. The van der Waals surface area contributed by atoms with Gasteiger partial charge in [0.2, 0.25) is 11.8 Å². The normalized spacial score (nSPS) is 18.6. The minimum absolute atomic E-state index is 0.102. The number of ether oxygens (including phenoxy) is 1. The number of nitrogens with two attached hydrogens (primary N) is 1. The summed E-state index contributed by atoms with van der Waals surface area (Å²) in [6.45, 7) is 3.02. The van der Waals surface area contributed by atoms with Gasteiger partial charge >= 0.3 is 0 Å². The van der Waals surface area contributed by atoms with Crippen LogP contribution >= 0.6 is 11.8 Å². The first-order valence-electron chi connectivity index (χ1n) is 19.9. The fourth-order valence-corrected chi connectivity index (χ4v) is 9.21. The van der Waals surface area contributed by atoms with Crippen molar-refractivity contribution in [3.8, 4) is 22.8 Å². The zero-order chi connectivity index (χ0) is 39.3. The molecule has 0 saturated carbocycles. The van der Waals surface area contributed by atoms with E-state index in [9.17, 15) is 19.2 Å². The molecule has 8 rings (SSSR count). The van der Waals surface area contributed by atoms with E-state index in [0.29, 0.717) is 16.9 Å². The number of carbonyl (C=O) groups excluding carboxylic acids is 4. The molecule has 57 heavy (non-hydrogen) atoms. The average molecular weight is 787 g/mol. The summed E-state index contributed by atoms with van der Waals surface area (Å²) in [7, 11) is 0. The molecular weight excluding hydrogens is 741 g/mol. The van der Waals surface area contributed by atoms with Crippen LogP contribution in [0.15, 0.2) is 84.0 Å². The number of nitrogens with one attached hydrogen (secondary N) is 1. The fourth-order valence-electron chi connectivity index (χ4n) is 8.12. The van der Waals surface area contributed by atoms with Crippen LogP contribution in [0.5, 0.6) is 11.5 Å². The number of piperidine rings is 2. The minimum atomic E-state index is -0.958. The number of fused-ring (bicyclic) bond motifs is 2. The second-order valence-corrected chi connectivity index (χ2v) is 16.0. The van der Waals surface area contributed by atoms with Gasteiger partial charge in [-0.2, -0.15) is 5.10 Å². The molecule has 3 aromatic carbocycles. The maximum atomic E-state index is 13.4. The number of hydrogen-bond acceptors (Lipinski definition) is 11. The van der Waals surface area contributed by atoms with Crippen molar-refractivity contribution in [1.29, 1.82) is 0 Å². The number of imide groups is 2. The van der Waals surface area contributed by atoms with E-state index in [1.165, 1.54) is 6.33 Å². The fraction of sp³-hybridized carbons (Fsp3) is 0.372. The Kier molecular flexibility index (Phi) is 11.6. The molecule has 5 aromatic rings. The molecule has 4 amide bonds. The third-order valence-corrected chi connectivity index (χ3v) is 12.2. The van der Waals surface area contributed by atoms with Crippen LogP contribution in [-0.2, 0) is 9.59 Å². The highest BCUT2D eigenvalue weighted by molar-refractivity contribution is 7.99. The molecule has 5 heterocycles. The Morgan fingerprint density at radius 3 is 2.40 bits per heavy atom. The Morgan fingerprint density at radius 2 is 1.60 bits per heavy atom. The summed E-state index contributed by atoms with van der Waals surface area (Å²) in [5.74, 6) is 0.878. The predicted molar refractivity (Wildman–Crippen MR) is 218 cm³/mol. The highest BCUT2D eigenvalue weighted by Gasteiger charge is 2.45. The molecule has 0 aliphatic carbocycles. The molecular formula is C43H46N8O5S. The molecule has 3 aliphatic rings. The lowest BCUT2D eigenvalue weighted by Crippen LogP contribution is -2.54. The van der Waals surface area contributed by atoms with Gasteiger partial charge in [-0.05, 0) is 99.5 Å². The number of benzene rings is 3. The number of hydrogen-bond donors (Lipinski definition) is 2. The Labute approximate surface area is 335 Å². The lowest BCUT2D eigenvalue weighted by molar-refractivity contribution is -0.136. The van der Waals surface area contributed by atoms with Crippen molar-refractivity contribution in [2.45, 2.75) is 81.2 Å². The van der Waals surface area contributed by atoms with Gasteiger partial charge in [0, 0.05) is 23.4 Å². The van der Waals surface area contributed by atoms with Gasteiger partial charge in [0.1, 0.15) is 35.4 Å². The monoisotopic (exact) mass is 786 g/mol. The number of aromatic nitrogens is 4. The van der Waals surface area contributed by atoms with Crippen molar-refractivity contribution >= 4 is 52.2 Å². The number of nitrogens with zero attached hydrogens (tertiary/aromatic N) is 6. The summed E-state index contributed by atoms with van der Waals surface area (Å²) in [5, 5.41) is 8.14. The molecule has 2 aromatic heterocycles. The topological polar surface area (TPSA) is 166 Å². The van der Waals surface area contributed by atoms with E-state index in [4.69, 9.17) is 15.6 Å². The Balaban J connectivity index is 0.789. The molecule has 2 fully saturated rings. The zero-order valence-corrected chi connectivity index (χ0v) is 32.6. The van der Waals surface area contributed by atoms with Gasteiger partial charge in [-0.1, -0.05) is 49.9 Å². The van der Waals surface area contributed by atoms with Crippen molar-refractivity contribution < 1.29 is 23.9 Å². The predicted octanol–water partition coefficient (Wildman–Crippen LogP) is 7.04. The average Bonchev–Trinajstić information content (AvgIpc) is 3.74. The Bertz CT molecular complexity index is 2280. The second-order valence-electron chi connectivity index (χ2n) is 14.9. The lowest BCUT2D eigenvalue weighted by Gasteiger charge is -2.33. The van der Waals surface area contributed by atoms with Gasteiger partial charge < -0.3 is 15.4 Å². The van der Waals surface area contributed by atoms with E-state index >= 15 is 0 Å². The zero-order valence-electron chi connectivity index (χ0n) is 31.8. The molecule has 0 bridgehead atoms. The van der Waals surface area contributed by atoms with Gasteiger partial charge in [-0.15, -0.1) is 11.8 Å². The van der Waals surface area contributed by atoms with Gasteiger partial charge in [-0.25, -0.2) is 14.6 Å².